The Bertz CT molecular complexity index is 240. The van der Waals surface area contributed by atoms with Crippen molar-refractivity contribution in [2.45, 2.75) is 70.4 Å². The van der Waals surface area contributed by atoms with Crippen LogP contribution >= 0.6 is 0 Å². The van der Waals surface area contributed by atoms with Crippen LogP contribution in [0.15, 0.2) is 0 Å². The molecule has 0 aromatic carbocycles. The molecule has 0 aromatic heterocycles. The van der Waals surface area contributed by atoms with Gasteiger partial charge in [0.25, 0.3) is 0 Å². The first kappa shape index (κ1) is 17.7. The molecule has 0 N–H and O–H groups in total. The highest BCUT2D eigenvalue weighted by atomic mass is 19.4. The van der Waals surface area contributed by atoms with Gasteiger partial charge >= 0.3 is 6.18 Å². The monoisotopic (exact) mass is 298 g/mol. The van der Waals surface area contributed by atoms with Gasteiger partial charge in [-0.2, -0.15) is 13.2 Å². The Kier molecular flexibility index (Phi) is 8.49. The molecule has 20 heavy (non-hydrogen) atoms. The number of hydrogen-bond acceptors (Lipinski definition) is 3. The molecule has 6 heteroatoms. The van der Waals surface area contributed by atoms with Crippen LogP contribution in [-0.4, -0.2) is 38.4 Å². The Morgan fingerprint density at radius 3 is 2.60 bits per heavy atom. The van der Waals surface area contributed by atoms with E-state index in [1.165, 1.54) is 0 Å². The number of halogens is 3. The predicted molar refractivity (Wildman–Crippen MR) is 69.5 cm³/mol. The second kappa shape index (κ2) is 9.58. The van der Waals surface area contributed by atoms with Gasteiger partial charge in [0.2, 0.25) is 0 Å². The molecule has 0 amide bonds. The van der Waals surface area contributed by atoms with E-state index in [0.29, 0.717) is 32.7 Å². The van der Waals surface area contributed by atoms with Crippen molar-refractivity contribution in [1.29, 1.82) is 0 Å². The van der Waals surface area contributed by atoms with Crippen molar-refractivity contribution in [3.63, 3.8) is 0 Å². The van der Waals surface area contributed by atoms with E-state index in [4.69, 9.17) is 14.2 Å². The molecule has 1 aliphatic heterocycles. The van der Waals surface area contributed by atoms with Crippen LogP contribution in [0.5, 0.6) is 0 Å². The van der Waals surface area contributed by atoms with E-state index in [2.05, 4.69) is 0 Å². The van der Waals surface area contributed by atoms with Crippen molar-refractivity contribution in [1.82, 2.24) is 0 Å². The number of unbranched alkanes of at least 4 members (excludes halogenated alkanes) is 2. The van der Waals surface area contributed by atoms with Crippen LogP contribution in [0.4, 0.5) is 13.2 Å². The van der Waals surface area contributed by atoms with E-state index in [0.717, 1.165) is 25.7 Å². The van der Waals surface area contributed by atoms with Crippen molar-refractivity contribution >= 4 is 0 Å². The van der Waals surface area contributed by atoms with Gasteiger partial charge in [-0.25, -0.2) is 0 Å². The minimum atomic E-state index is -4.32. The van der Waals surface area contributed by atoms with Crippen molar-refractivity contribution in [2.24, 2.45) is 0 Å². The van der Waals surface area contributed by atoms with Gasteiger partial charge in [0, 0.05) is 19.8 Å². The molecule has 0 aromatic rings. The Labute approximate surface area is 118 Å². The Hall–Kier alpha value is -0.330. The number of hydrogen-bond donors (Lipinski definition) is 0. The molecule has 0 bridgehead atoms. The molecule has 3 nitrogen and oxygen atoms in total. The SMILES string of the molecule is CCOCCCCCC(OC1CCCCO1)C(F)(F)F. The molecule has 1 saturated heterocycles. The maximum Gasteiger partial charge on any atom is 0.414 e. The highest BCUT2D eigenvalue weighted by Crippen LogP contribution is 2.29. The second-order valence-corrected chi connectivity index (χ2v) is 5.01. The first-order chi connectivity index (χ1) is 9.54. The fourth-order valence-electron chi connectivity index (χ4n) is 2.17. The first-order valence-electron chi connectivity index (χ1n) is 7.45. The van der Waals surface area contributed by atoms with Gasteiger partial charge in [0.15, 0.2) is 12.4 Å². The van der Waals surface area contributed by atoms with Crippen molar-refractivity contribution < 1.29 is 27.4 Å². The van der Waals surface area contributed by atoms with Crippen LogP contribution in [0.2, 0.25) is 0 Å². The predicted octanol–water partition coefficient (Wildman–Crippen LogP) is 4.06. The van der Waals surface area contributed by atoms with Crippen LogP contribution in [0.1, 0.15) is 51.9 Å². The van der Waals surface area contributed by atoms with E-state index in [9.17, 15) is 13.2 Å². The van der Waals surface area contributed by atoms with E-state index in [1.807, 2.05) is 6.92 Å². The van der Waals surface area contributed by atoms with Gasteiger partial charge in [0.1, 0.15) is 0 Å². The van der Waals surface area contributed by atoms with E-state index in [-0.39, 0.29) is 6.42 Å². The lowest BCUT2D eigenvalue weighted by Gasteiger charge is -2.29. The fourth-order valence-corrected chi connectivity index (χ4v) is 2.17. The van der Waals surface area contributed by atoms with Gasteiger partial charge in [0.05, 0.1) is 0 Å². The Morgan fingerprint density at radius 2 is 2.00 bits per heavy atom. The largest absolute Gasteiger partial charge is 0.414 e. The molecule has 1 fully saturated rings. The normalized spacial score (nSPS) is 21.9. The molecule has 0 spiro atoms. The lowest BCUT2D eigenvalue weighted by atomic mass is 10.1. The zero-order valence-electron chi connectivity index (χ0n) is 12.1. The quantitative estimate of drug-likeness (QED) is 0.601. The van der Waals surface area contributed by atoms with Crippen LogP contribution in [0.25, 0.3) is 0 Å². The molecular weight excluding hydrogens is 273 g/mol. The van der Waals surface area contributed by atoms with E-state index < -0.39 is 18.6 Å². The topological polar surface area (TPSA) is 27.7 Å². The van der Waals surface area contributed by atoms with Gasteiger partial charge in [-0.05, 0) is 39.0 Å². The van der Waals surface area contributed by atoms with Crippen LogP contribution in [0, 0.1) is 0 Å². The minimum Gasteiger partial charge on any atom is -0.382 e. The van der Waals surface area contributed by atoms with Crippen molar-refractivity contribution in [2.75, 3.05) is 19.8 Å². The lowest BCUT2D eigenvalue weighted by Crippen LogP contribution is -2.37. The molecule has 0 aliphatic carbocycles. The summed E-state index contributed by atoms with van der Waals surface area (Å²) in [5, 5.41) is 0. The summed E-state index contributed by atoms with van der Waals surface area (Å²) < 4.78 is 54.2. The summed E-state index contributed by atoms with van der Waals surface area (Å²) in [6, 6.07) is 0. The van der Waals surface area contributed by atoms with Gasteiger partial charge < -0.3 is 14.2 Å². The Morgan fingerprint density at radius 1 is 1.20 bits per heavy atom. The molecule has 2 atom stereocenters. The summed E-state index contributed by atoms with van der Waals surface area (Å²) in [5.41, 5.74) is 0. The van der Waals surface area contributed by atoms with Crippen molar-refractivity contribution in [3.8, 4) is 0 Å². The summed E-state index contributed by atoms with van der Waals surface area (Å²) in [5.74, 6) is 0. The molecule has 1 aliphatic rings. The second-order valence-electron chi connectivity index (χ2n) is 5.01. The third-order valence-electron chi connectivity index (χ3n) is 3.28. The zero-order valence-corrected chi connectivity index (χ0v) is 12.1. The van der Waals surface area contributed by atoms with Crippen LogP contribution in [-0.2, 0) is 14.2 Å². The van der Waals surface area contributed by atoms with Gasteiger partial charge in [-0.15, -0.1) is 0 Å². The highest BCUT2D eigenvalue weighted by molar-refractivity contribution is 4.70. The van der Waals surface area contributed by atoms with Gasteiger partial charge in [-0.1, -0.05) is 12.8 Å². The molecule has 2 unspecified atom stereocenters. The molecule has 0 saturated carbocycles. The average Bonchev–Trinajstić information content (AvgIpc) is 2.41. The minimum absolute atomic E-state index is 0.00448. The summed E-state index contributed by atoms with van der Waals surface area (Å²) in [7, 11) is 0. The van der Waals surface area contributed by atoms with Crippen LogP contribution < -0.4 is 0 Å². The third kappa shape index (κ3) is 7.45. The number of rotatable bonds is 9. The Balaban J connectivity index is 2.25. The first-order valence-corrected chi connectivity index (χ1v) is 7.45. The smallest absolute Gasteiger partial charge is 0.382 e. The molecular formula is C14H25F3O3. The third-order valence-corrected chi connectivity index (χ3v) is 3.28. The molecule has 1 rings (SSSR count). The summed E-state index contributed by atoms with van der Waals surface area (Å²) in [6.07, 6.45) is -2.41. The highest BCUT2D eigenvalue weighted by Gasteiger charge is 2.41. The van der Waals surface area contributed by atoms with E-state index in [1.54, 1.807) is 0 Å². The van der Waals surface area contributed by atoms with E-state index >= 15 is 0 Å². The summed E-state index contributed by atoms with van der Waals surface area (Å²) in [4.78, 5) is 0. The summed E-state index contributed by atoms with van der Waals surface area (Å²) in [6.45, 7) is 3.65. The van der Waals surface area contributed by atoms with Crippen LogP contribution in [0.3, 0.4) is 0 Å². The average molecular weight is 298 g/mol. The zero-order chi connectivity index (χ0) is 14.8. The molecule has 0 radical (unpaired) electrons. The van der Waals surface area contributed by atoms with Crippen molar-refractivity contribution in [3.05, 3.63) is 0 Å². The molecule has 1 heterocycles. The fraction of sp³-hybridized carbons (Fsp3) is 1.00. The number of alkyl halides is 3. The van der Waals surface area contributed by atoms with Gasteiger partial charge in [-0.3, -0.25) is 0 Å². The molecule has 120 valence electrons. The maximum absolute atomic E-state index is 12.9. The lowest BCUT2D eigenvalue weighted by molar-refractivity contribution is -0.279. The number of ether oxygens (including phenoxy) is 3. The standard InChI is InChI=1S/C14H25F3O3/c1-2-18-10-6-3-4-8-12(14(15,16)17)20-13-9-5-7-11-19-13/h12-13H,2-11H2,1H3. The maximum atomic E-state index is 12.9. The summed E-state index contributed by atoms with van der Waals surface area (Å²) >= 11 is 0.